The molecule has 1 aliphatic heterocycles. The summed E-state index contributed by atoms with van der Waals surface area (Å²) in [5.74, 6) is 3.51. The van der Waals surface area contributed by atoms with Crippen molar-refractivity contribution in [3.8, 4) is 0 Å². The zero-order valence-electron chi connectivity index (χ0n) is 26.7. The fraction of sp³-hybridized carbons (Fsp3) is 0.500. The highest BCUT2D eigenvalue weighted by molar-refractivity contribution is 6.01. The number of carbonyl (C=O) groups is 1. The summed E-state index contributed by atoms with van der Waals surface area (Å²) < 4.78 is 0. The van der Waals surface area contributed by atoms with Crippen molar-refractivity contribution in [2.75, 3.05) is 19.4 Å². The van der Waals surface area contributed by atoms with E-state index in [4.69, 9.17) is 4.99 Å². The summed E-state index contributed by atoms with van der Waals surface area (Å²) in [5.41, 5.74) is 8.67. The number of rotatable bonds is 11. The Morgan fingerprint density at radius 3 is 2.50 bits per heavy atom. The van der Waals surface area contributed by atoms with Crippen molar-refractivity contribution in [2.45, 2.75) is 95.6 Å². The van der Waals surface area contributed by atoms with Gasteiger partial charge in [0.2, 0.25) is 0 Å². The predicted molar refractivity (Wildman–Crippen MR) is 183 cm³/mol. The molecule has 2 aromatic carbocycles. The van der Waals surface area contributed by atoms with Crippen LogP contribution in [0.2, 0.25) is 0 Å². The van der Waals surface area contributed by atoms with Gasteiger partial charge in [-0.25, -0.2) is 4.99 Å². The fourth-order valence-corrected chi connectivity index (χ4v) is 8.23. The molecule has 1 spiro atoms. The summed E-state index contributed by atoms with van der Waals surface area (Å²) in [7, 11) is 4.25. The molecule has 230 valence electrons. The highest BCUT2D eigenvalue weighted by Crippen LogP contribution is 2.63. The molecule has 0 bridgehead atoms. The van der Waals surface area contributed by atoms with Gasteiger partial charge in [-0.05, 0) is 112 Å². The number of benzene rings is 2. The number of allylic oxidation sites excluding steroid dienone is 6. The lowest BCUT2D eigenvalue weighted by Crippen LogP contribution is -2.30. The lowest BCUT2D eigenvalue weighted by molar-refractivity contribution is -0.119. The van der Waals surface area contributed by atoms with E-state index in [0.717, 1.165) is 31.6 Å². The van der Waals surface area contributed by atoms with E-state index in [9.17, 15) is 4.79 Å². The molecular weight excluding hydrogens is 538 g/mol. The van der Waals surface area contributed by atoms with Crippen LogP contribution in [0.3, 0.4) is 0 Å². The van der Waals surface area contributed by atoms with Crippen molar-refractivity contribution in [3.05, 3.63) is 95.1 Å². The van der Waals surface area contributed by atoms with E-state index in [0.29, 0.717) is 29.5 Å². The summed E-state index contributed by atoms with van der Waals surface area (Å²) in [6.45, 7) is 0. The monoisotopic (exact) mass is 587 g/mol. The molecule has 4 heteroatoms. The Morgan fingerprint density at radius 2 is 1.77 bits per heavy atom. The maximum Gasteiger partial charge on any atom is 0.133 e. The number of hydrogen-bond donors (Lipinski definition) is 1. The molecule has 0 radical (unpaired) electrons. The van der Waals surface area contributed by atoms with Crippen LogP contribution < -0.4 is 5.32 Å². The second-order valence-corrected chi connectivity index (χ2v) is 14.4. The van der Waals surface area contributed by atoms with Crippen LogP contribution in [0, 0.1) is 17.3 Å². The van der Waals surface area contributed by atoms with E-state index in [1.54, 1.807) is 5.57 Å². The zero-order chi connectivity index (χ0) is 30.1. The minimum atomic E-state index is 0.104. The molecule has 3 saturated carbocycles. The van der Waals surface area contributed by atoms with E-state index in [-0.39, 0.29) is 6.17 Å². The third-order valence-electron chi connectivity index (χ3n) is 11.2. The highest BCUT2D eigenvalue weighted by atomic mass is 16.1. The summed E-state index contributed by atoms with van der Waals surface area (Å²) >= 11 is 0. The molecule has 4 aliphatic carbocycles. The van der Waals surface area contributed by atoms with E-state index in [1.807, 2.05) is 0 Å². The maximum absolute atomic E-state index is 13.0. The second kappa shape index (κ2) is 12.6. The van der Waals surface area contributed by atoms with Gasteiger partial charge in [0.15, 0.2) is 0 Å². The SMILES string of the molecule is CN(C)C1N=C(C2CC23CCC(CCCC(=O)CCC(=C2CC2)c2ccc(C4C=CC=CC4)cc2)CC3)Nc2ccccc21. The standard InChI is InChI=1S/C40H49N3O/c1-43(2)39-35-13-6-7-14-37(35)41-38(42-39)36-27-40(36)25-23-28(24-26-40)9-8-12-33(44)21-22-34(32-19-20-32)31-17-15-30(16-18-31)29-10-4-3-5-11-29/h3-7,10,13-18,28-29,36,39H,8-9,11-12,19-27H2,1-2H3,(H,41,42). The Balaban J connectivity index is 0.848. The van der Waals surface area contributed by atoms with Crippen LogP contribution in [-0.2, 0) is 4.79 Å². The minimum absolute atomic E-state index is 0.104. The van der Waals surface area contributed by atoms with Crippen LogP contribution in [-0.4, -0.2) is 30.6 Å². The van der Waals surface area contributed by atoms with Gasteiger partial charge in [-0.1, -0.05) is 78.8 Å². The molecule has 1 N–H and O–H groups in total. The topological polar surface area (TPSA) is 44.7 Å². The first-order valence-electron chi connectivity index (χ1n) is 17.3. The summed E-state index contributed by atoms with van der Waals surface area (Å²) in [6, 6.07) is 17.8. The lowest BCUT2D eigenvalue weighted by atomic mass is 9.76. The average Bonchev–Trinajstić information content (AvgIpc) is 4.00. The quantitative estimate of drug-likeness (QED) is 0.285. The molecule has 44 heavy (non-hydrogen) atoms. The fourth-order valence-electron chi connectivity index (χ4n) is 8.23. The second-order valence-electron chi connectivity index (χ2n) is 14.4. The Kier molecular flexibility index (Phi) is 8.46. The third-order valence-corrected chi connectivity index (χ3v) is 11.2. The normalized spacial score (nSPS) is 28.4. The van der Waals surface area contributed by atoms with Crippen LogP contribution in [0.15, 0.2) is 83.4 Å². The molecule has 0 amide bonds. The largest absolute Gasteiger partial charge is 0.343 e. The zero-order valence-corrected chi connectivity index (χ0v) is 26.7. The van der Waals surface area contributed by atoms with Crippen molar-refractivity contribution in [2.24, 2.45) is 22.2 Å². The van der Waals surface area contributed by atoms with Crippen molar-refractivity contribution in [1.29, 1.82) is 0 Å². The minimum Gasteiger partial charge on any atom is -0.343 e. The number of hydrogen-bond acceptors (Lipinski definition) is 4. The van der Waals surface area contributed by atoms with Gasteiger partial charge >= 0.3 is 0 Å². The Morgan fingerprint density at radius 1 is 0.977 bits per heavy atom. The van der Waals surface area contributed by atoms with Crippen LogP contribution in [0.5, 0.6) is 0 Å². The predicted octanol–water partition coefficient (Wildman–Crippen LogP) is 9.63. The van der Waals surface area contributed by atoms with E-state index < -0.39 is 0 Å². The summed E-state index contributed by atoms with van der Waals surface area (Å²) in [5, 5.41) is 3.71. The number of aliphatic imine (C=N–C) groups is 1. The Labute approximate surface area is 264 Å². The van der Waals surface area contributed by atoms with Gasteiger partial charge in [0.05, 0.1) is 0 Å². The smallest absolute Gasteiger partial charge is 0.133 e. The Hall–Kier alpha value is -3.24. The first kappa shape index (κ1) is 29.5. The number of amidine groups is 1. The maximum atomic E-state index is 13.0. The number of carbonyl (C=O) groups excluding carboxylic acids is 1. The number of ketones is 1. The van der Waals surface area contributed by atoms with E-state index >= 15 is 0 Å². The molecule has 0 aromatic heterocycles. The van der Waals surface area contributed by atoms with Crippen LogP contribution >= 0.6 is 0 Å². The molecule has 0 saturated heterocycles. The van der Waals surface area contributed by atoms with Crippen LogP contribution in [0.4, 0.5) is 5.69 Å². The van der Waals surface area contributed by atoms with Crippen molar-refractivity contribution >= 4 is 22.9 Å². The third kappa shape index (κ3) is 6.42. The average molecular weight is 588 g/mol. The van der Waals surface area contributed by atoms with Crippen LogP contribution in [0.1, 0.15) is 112 Å². The molecule has 3 fully saturated rings. The molecule has 2 aromatic rings. The van der Waals surface area contributed by atoms with Crippen molar-refractivity contribution < 1.29 is 4.79 Å². The first-order chi connectivity index (χ1) is 21.5. The van der Waals surface area contributed by atoms with Crippen LogP contribution in [0.25, 0.3) is 5.57 Å². The number of nitrogens with zero attached hydrogens (tertiary/aromatic N) is 2. The summed E-state index contributed by atoms with van der Waals surface area (Å²) in [6.07, 6.45) is 23.6. The van der Waals surface area contributed by atoms with Gasteiger partial charge < -0.3 is 5.32 Å². The van der Waals surface area contributed by atoms with Gasteiger partial charge in [0.25, 0.3) is 0 Å². The van der Waals surface area contributed by atoms with Gasteiger partial charge in [0, 0.05) is 35.9 Å². The number of fused-ring (bicyclic) bond motifs is 1. The molecular formula is C40H49N3O. The number of para-hydroxylation sites is 1. The number of anilines is 1. The van der Waals surface area contributed by atoms with E-state index in [2.05, 4.69) is 97.1 Å². The van der Waals surface area contributed by atoms with Gasteiger partial charge in [-0.15, -0.1) is 0 Å². The summed E-state index contributed by atoms with van der Waals surface area (Å²) in [4.78, 5) is 20.4. The number of Topliss-reactive ketones (excluding diaryl/α,β-unsaturated/α-hetero) is 1. The van der Waals surface area contributed by atoms with Gasteiger partial charge in [0.1, 0.15) is 17.8 Å². The molecule has 4 nitrogen and oxygen atoms in total. The van der Waals surface area contributed by atoms with Crippen molar-refractivity contribution in [1.82, 2.24) is 4.90 Å². The lowest BCUT2D eigenvalue weighted by Gasteiger charge is -2.32. The van der Waals surface area contributed by atoms with E-state index in [1.165, 1.54) is 85.2 Å². The van der Waals surface area contributed by atoms with Gasteiger partial charge in [-0.3, -0.25) is 9.69 Å². The molecule has 3 atom stereocenters. The van der Waals surface area contributed by atoms with Gasteiger partial charge in [-0.2, -0.15) is 0 Å². The molecule has 5 aliphatic rings. The molecule has 7 rings (SSSR count). The molecule has 3 unspecified atom stereocenters. The number of nitrogens with one attached hydrogen (secondary N) is 1. The van der Waals surface area contributed by atoms with Crippen molar-refractivity contribution in [3.63, 3.8) is 0 Å². The first-order valence-corrected chi connectivity index (χ1v) is 17.3. The Bertz CT molecular complexity index is 1480. The molecule has 1 heterocycles. The highest BCUT2D eigenvalue weighted by Gasteiger charge is 2.57.